The van der Waals surface area contributed by atoms with Crippen LogP contribution in [0.5, 0.6) is 5.75 Å². The Hall–Kier alpha value is -2.91. The van der Waals surface area contributed by atoms with Crippen molar-refractivity contribution in [3.8, 4) is 5.75 Å². The first-order valence-electron chi connectivity index (χ1n) is 9.96. The molecule has 0 aliphatic carbocycles. The number of ether oxygens (including phenoxy) is 1. The van der Waals surface area contributed by atoms with Gasteiger partial charge in [-0.15, -0.1) is 0 Å². The number of rotatable bonds is 4. The van der Waals surface area contributed by atoms with E-state index in [2.05, 4.69) is 32.9 Å². The Kier molecular flexibility index (Phi) is 5.60. The van der Waals surface area contributed by atoms with E-state index in [1.54, 1.807) is 30.6 Å². The quantitative estimate of drug-likeness (QED) is 0.369. The lowest BCUT2D eigenvalue weighted by atomic mass is 10.1. The number of nitrogens with zero attached hydrogens (tertiary/aromatic N) is 2. The van der Waals surface area contributed by atoms with Crippen molar-refractivity contribution in [2.75, 3.05) is 0 Å². The van der Waals surface area contributed by atoms with Crippen LogP contribution in [0.1, 0.15) is 27.7 Å². The number of carbonyl (C=O) groups is 1. The van der Waals surface area contributed by atoms with Crippen LogP contribution in [0.3, 0.4) is 0 Å². The van der Waals surface area contributed by atoms with Crippen molar-refractivity contribution < 1.29 is 9.53 Å². The van der Waals surface area contributed by atoms with Gasteiger partial charge in [0.1, 0.15) is 11.3 Å². The van der Waals surface area contributed by atoms with Crippen LogP contribution in [-0.4, -0.2) is 15.5 Å². The molecule has 0 bridgehead atoms. The first-order valence-corrected chi connectivity index (χ1v) is 11.4. The summed E-state index contributed by atoms with van der Waals surface area (Å²) in [5, 5.41) is 3.93. The molecule has 0 saturated carbocycles. The van der Waals surface area contributed by atoms with Crippen LogP contribution >= 0.6 is 34.2 Å². The molecule has 1 aliphatic heterocycles. The number of amides is 1. The number of halogens is 2. The smallest absolute Gasteiger partial charge is 0.257 e. The number of hydrogen-bond acceptors (Lipinski definition) is 4. The van der Waals surface area contributed by atoms with Crippen molar-refractivity contribution in [2.45, 2.75) is 19.2 Å². The first-order chi connectivity index (χ1) is 15.5. The molecule has 6 nitrogen and oxygen atoms in total. The molecule has 4 aromatic rings. The minimum absolute atomic E-state index is 0.0982. The summed E-state index contributed by atoms with van der Waals surface area (Å²) in [5.41, 5.74) is 2.16. The van der Waals surface area contributed by atoms with Crippen molar-refractivity contribution in [1.29, 1.82) is 0 Å². The van der Waals surface area contributed by atoms with Crippen molar-refractivity contribution >= 4 is 51.0 Å². The fourth-order valence-corrected chi connectivity index (χ4v) is 4.55. The fourth-order valence-electron chi connectivity index (χ4n) is 3.83. The molecule has 1 amide bonds. The van der Waals surface area contributed by atoms with Crippen LogP contribution in [0.2, 0.25) is 5.02 Å². The molecule has 2 aromatic heterocycles. The van der Waals surface area contributed by atoms with Crippen molar-refractivity contribution in [3.63, 3.8) is 0 Å². The normalized spacial score (nSPS) is 14.8. The van der Waals surface area contributed by atoms with E-state index < -0.39 is 5.91 Å². The predicted octanol–water partition coefficient (Wildman–Crippen LogP) is 4.72. The van der Waals surface area contributed by atoms with Crippen molar-refractivity contribution in [2.24, 2.45) is 0 Å². The molecule has 0 fully saturated rings. The zero-order valence-corrected chi connectivity index (χ0v) is 19.6. The summed E-state index contributed by atoms with van der Waals surface area (Å²) in [6, 6.07) is 16.6. The molecule has 32 heavy (non-hydrogen) atoms. The predicted molar refractivity (Wildman–Crippen MR) is 131 cm³/mol. The maximum atomic E-state index is 13.2. The highest BCUT2D eigenvalue weighted by Crippen LogP contribution is 2.35. The molecule has 0 saturated heterocycles. The number of pyridine rings is 2. The number of hydrogen-bond donors (Lipinski definition) is 1. The molecule has 5 rings (SSSR count). The van der Waals surface area contributed by atoms with E-state index >= 15 is 0 Å². The van der Waals surface area contributed by atoms with Gasteiger partial charge in [-0.1, -0.05) is 29.8 Å². The second kappa shape index (κ2) is 8.55. The Morgan fingerprint density at radius 2 is 2.03 bits per heavy atom. The maximum absolute atomic E-state index is 13.2. The number of nitrogens with one attached hydrogen (secondary N) is 1. The molecule has 2 aromatic carbocycles. The van der Waals surface area contributed by atoms with Gasteiger partial charge >= 0.3 is 0 Å². The lowest BCUT2D eigenvalue weighted by molar-refractivity contribution is 0.0948. The Bertz CT molecular complexity index is 1390. The molecule has 160 valence electrons. The summed E-state index contributed by atoms with van der Waals surface area (Å²) in [6.45, 7) is 0.740. The summed E-state index contributed by atoms with van der Waals surface area (Å²) in [6.07, 6.45) is 3.02. The van der Waals surface area contributed by atoms with Gasteiger partial charge in [0.2, 0.25) is 5.43 Å². The molecular formula is C24H17ClIN3O3. The highest BCUT2D eigenvalue weighted by molar-refractivity contribution is 14.1. The average molecular weight is 558 g/mol. The van der Waals surface area contributed by atoms with E-state index in [4.69, 9.17) is 16.3 Å². The van der Waals surface area contributed by atoms with Gasteiger partial charge in [-0.05, 0) is 64.6 Å². The third-order valence-electron chi connectivity index (χ3n) is 5.36. The van der Waals surface area contributed by atoms with Crippen LogP contribution in [0.25, 0.3) is 10.9 Å². The highest BCUT2D eigenvalue weighted by atomic mass is 127. The number of aromatic nitrogens is 2. The number of benzene rings is 2. The van der Waals surface area contributed by atoms with Gasteiger partial charge in [-0.25, -0.2) is 0 Å². The second-order valence-electron chi connectivity index (χ2n) is 7.49. The first kappa shape index (κ1) is 21.0. The van der Waals surface area contributed by atoms with E-state index in [1.165, 1.54) is 0 Å². The average Bonchev–Trinajstić information content (AvgIpc) is 2.80. The van der Waals surface area contributed by atoms with Crippen molar-refractivity contribution in [1.82, 2.24) is 14.9 Å². The third kappa shape index (κ3) is 3.98. The molecule has 1 aliphatic rings. The Morgan fingerprint density at radius 3 is 2.78 bits per heavy atom. The maximum Gasteiger partial charge on any atom is 0.257 e. The Labute approximate surface area is 202 Å². The van der Waals surface area contributed by atoms with E-state index in [-0.39, 0.29) is 17.1 Å². The molecule has 8 heteroatoms. The van der Waals surface area contributed by atoms with E-state index in [0.717, 1.165) is 14.8 Å². The topological polar surface area (TPSA) is 73.2 Å². The summed E-state index contributed by atoms with van der Waals surface area (Å²) in [7, 11) is 0. The Balaban J connectivity index is 1.53. The van der Waals surface area contributed by atoms with Gasteiger partial charge in [-0.2, -0.15) is 0 Å². The largest absolute Gasteiger partial charge is 0.480 e. The summed E-state index contributed by atoms with van der Waals surface area (Å²) >= 11 is 8.07. The Morgan fingerprint density at radius 1 is 1.22 bits per heavy atom. The van der Waals surface area contributed by atoms with Crippen LogP contribution < -0.4 is 15.5 Å². The van der Waals surface area contributed by atoms with Crippen LogP contribution in [-0.2, 0) is 13.1 Å². The third-order valence-corrected chi connectivity index (χ3v) is 6.24. The monoisotopic (exact) mass is 557 g/mol. The van der Waals surface area contributed by atoms with Gasteiger partial charge < -0.3 is 14.6 Å². The van der Waals surface area contributed by atoms with Gasteiger partial charge in [0.05, 0.1) is 23.1 Å². The zero-order chi connectivity index (χ0) is 22.2. The molecule has 1 unspecified atom stereocenters. The molecular weight excluding hydrogens is 541 g/mol. The molecule has 0 spiro atoms. The second-order valence-corrected chi connectivity index (χ2v) is 9.18. The zero-order valence-electron chi connectivity index (χ0n) is 16.7. The lowest BCUT2D eigenvalue weighted by Gasteiger charge is -2.28. The SMILES string of the molecule is O=C(NCc1ccc(Cl)cc1)c1cn2c3c(cc(I)cc3c1=O)OC(c1ccccn1)C2. The number of carbonyl (C=O) groups excluding carboxylic acids is 1. The summed E-state index contributed by atoms with van der Waals surface area (Å²) in [4.78, 5) is 30.6. The fraction of sp³-hybridized carbons (Fsp3) is 0.125. The standard InChI is InChI=1S/C24H17ClIN3O3/c25-15-6-4-14(5-7-15)11-28-24(31)18-12-29-13-21(19-3-1-2-8-27-19)32-20-10-16(26)9-17(22(20)29)23(18)30/h1-10,12,21H,11,13H2,(H,28,31). The van der Waals surface area contributed by atoms with Gasteiger partial charge in [0.15, 0.2) is 6.10 Å². The molecule has 1 atom stereocenters. The van der Waals surface area contributed by atoms with Crippen LogP contribution in [0.15, 0.2) is 71.8 Å². The highest BCUT2D eigenvalue weighted by Gasteiger charge is 2.27. The molecule has 0 radical (unpaired) electrons. The van der Waals surface area contributed by atoms with Gasteiger partial charge in [0, 0.05) is 27.5 Å². The van der Waals surface area contributed by atoms with E-state index in [9.17, 15) is 9.59 Å². The van der Waals surface area contributed by atoms with E-state index in [1.807, 2.05) is 41.0 Å². The van der Waals surface area contributed by atoms with Crippen LogP contribution in [0.4, 0.5) is 0 Å². The minimum Gasteiger partial charge on any atom is -0.480 e. The van der Waals surface area contributed by atoms with Crippen LogP contribution in [0, 0.1) is 3.57 Å². The molecule has 1 N–H and O–H groups in total. The van der Waals surface area contributed by atoms with Gasteiger partial charge in [-0.3, -0.25) is 14.6 Å². The van der Waals surface area contributed by atoms with E-state index in [0.29, 0.717) is 34.8 Å². The van der Waals surface area contributed by atoms with Crippen molar-refractivity contribution in [3.05, 3.63) is 103 Å². The molecule has 3 heterocycles. The minimum atomic E-state index is -0.420. The summed E-state index contributed by atoms with van der Waals surface area (Å²) in [5.74, 6) is 0.191. The summed E-state index contributed by atoms with van der Waals surface area (Å²) < 4.78 is 8.98. The van der Waals surface area contributed by atoms with Gasteiger partial charge in [0.25, 0.3) is 5.91 Å². The lowest BCUT2D eigenvalue weighted by Crippen LogP contribution is -2.31.